The number of Topliss-reactive ketones (excluding diaryl/α,β-unsaturated/α-hetero) is 1. The van der Waals surface area contributed by atoms with Crippen LogP contribution in [0.25, 0.3) is 20.8 Å². The zero-order chi connectivity index (χ0) is 21.3. The van der Waals surface area contributed by atoms with Crippen LogP contribution in [0.5, 0.6) is 0 Å². The van der Waals surface area contributed by atoms with E-state index in [4.69, 9.17) is 0 Å². The number of ketones is 1. The minimum Gasteiger partial charge on any atom is -0.294 e. The lowest BCUT2D eigenvalue weighted by molar-refractivity contribution is -0.0328. The highest BCUT2D eigenvalue weighted by molar-refractivity contribution is 8.00. The maximum Gasteiger partial charge on any atom is 0.446 e. The predicted molar refractivity (Wildman–Crippen MR) is 109 cm³/mol. The van der Waals surface area contributed by atoms with E-state index in [1.807, 2.05) is 6.07 Å². The number of alkyl halides is 3. The lowest BCUT2D eigenvalue weighted by atomic mass is 10.0. The topological polar surface area (TPSA) is 42.9 Å². The number of benzene rings is 2. The van der Waals surface area contributed by atoms with Gasteiger partial charge in [0.2, 0.25) is 0 Å². The summed E-state index contributed by atoms with van der Waals surface area (Å²) in [5.74, 6) is -0.734. The average molecular weight is 448 g/mol. The fourth-order valence-corrected chi connectivity index (χ4v) is 4.50. The molecule has 0 amide bonds. The van der Waals surface area contributed by atoms with E-state index in [-0.39, 0.29) is 34.4 Å². The third kappa shape index (κ3) is 4.85. The normalized spacial score (nSPS) is 11.7. The van der Waals surface area contributed by atoms with Crippen LogP contribution in [0.1, 0.15) is 15.9 Å². The Morgan fingerprint density at radius 1 is 1.07 bits per heavy atom. The Bertz CT molecular complexity index is 1240. The maximum atomic E-state index is 13.4. The van der Waals surface area contributed by atoms with Crippen molar-refractivity contribution < 1.29 is 22.4 Å². The van der Waals surface area contributed by atoms with E-state index < -0.39 is 11.3 Å². The molecule has 9 heteroatoms. The predicted octanol–water partition coefficient (Wildman–Crippen LogP) is 6.53. The first-order chi connectivity index (χ1) is 14.3. The first-order valence-corrected chi connectivity index (χ1v) is 10.3. The van der Waals surface area contributed by atoms with E-state index in [2.05, 4.69) is 9.97 Å². The average Bonchev–Trinajstić information content (AvgIpc) is 3.10. The summed E-state index contributed by atoms with van der Waals surface area (Å²) in [6.07, 6.45) is 2.69. The minimum absolute atomic E-state index is 0.0281. The molecule has 0 bridgehead atoms. The molecule has 30 heavy (non-hydrogen) atoms. The SMILES string of the molecule is O=C(Cc1ccc2nc(-c3cncc(F)c3)sc2c1)c1cccc(SC(F)(F)F)c1. The molecule has 4 aromatic rings. The van der Waals surface area contributed by atoms with Gasteiger partial charge in [0.15, 0.2) is 5.78 Å². The maximum absolute atomic E-state index is 13.4. The van der Waals surface area contributed by atoms with E-state index in [1.165, 1.54) is 47.9 Å². The van der Waals surface area contributed by atoms with Gasteiger partial charge >= 0.3 is 5.51 Å². The summed E-state index contributed by atoms with van der Waals surface area (Å²) in [7, 11) is 0. The van der Waals surface area contributed by atoms with E-state index in [0.29, 0.717) is 21.7 Å². The van der Waals surface area contributed by atoms with Crippen molar-refractivity contribution in [2.24, 2.45) is 0 Å². The fourth-order valence-electron chi connectivity index (χ4n) is 2.89. The summed E-state index contributed by atoms with van der Waals surface area (Å²) in [6.45, 7) is 0. The number of halogens is 4. The number of nitrogens with zero attached hydrogens (tertiary/aromatic N) is 2. The number of hydrogen-bond donors (Lipinski definition) is 0. The largest absolute Gasteiger partial charge is 0.446 e. The second kappa shape index (κ2) is 8.16. The zero-order valence-electron chi connectivity index (χ0n) is 15.1. The molecule has 0 saturated heterocycles. The molecule has 0 fully saturated rings. The van der Waals surface area contributed by atoms with Crippen LogP contribution in [0, 0.1) is 5.82 Å². The highest BCUT2D eigenvalue weighted by Gasteiger charge is 2.29. The summed E-state index contributed by atoms with van der Waals surface area (Å²) in [5, 5.41) is 0.609. The molecule has 2 heterocycles. The molecule has 152 valence electrons. The monoisotopic (exact) mass is 448 g/mol. The van der Waals surface area contributed by atoms with Crippen molar-refractivity contribution in [3.63, 3.8) is 0 Å². The van der Waals surface area contributed by atoms with Crippen molar-refractivity contribution in [1.29, 1.82) is 0 Å². The Morgan fingerprint density at radius 2 is 1.90 bits per heavy atom. The minimum atomic E-state index is -4.41. The molecule has 0 unspecified atom stereocenters. The second-order valence-electron chi connectivity index (χ2n) is 6.39. The van der Waals surface area contributed by atoms with Gasteiger partial charge in [-0.25, -0.2) is 9.37 Å². The smallest absolute Gasteiger partial charge is 0.294 e. The number of pyridine rings is 1. The molecule has 0 aliphatic rings. The second-order valence-corrected chi connectivity index (χ2v) is 8.56. The summed E-state index contributed by atoms with van der Waals surface area (Å²) in [4.78, 5) is 20.8. The van der Waals surface area contributed by atoms with E-state index in [1.54, 1.807) is 12.1 Å². The molecular weight excluding hydrogens is 436 g/mol. The summed E-state index contributed by atoms with van der Waals surface area (Å²) in [6, 6.07) is 12.2. The molecule has 2 aromatic carbocycles. The van der Waals surface area contributed by atoms with Crippen molar-refractivity contribution in [3.05, 3.63) is 77.9 Å². The van der Waals surface area contributed by atoms with E-state index in [0.717, 1.165) is 10.9 Å². The number of aromatic nitrogens is 2. The van der Waals surface area contributed by atoms with Gasteiger partial charge in [-0.15, -0.1) is 11.3 Å². The summed E-state index contributed by atoms with van der Waals surface area (Å²) >= 11 is 1.10. The number of hydrogen-bond acceptors (Lipinski definition) is 5. The number of carbonyl (C=O) groups is 1. The van der Waals surface area contributed by atoms with Crippen LogP contribution in [0.3, 0.4) is 0 Å². The number of carbonyl (C=O) groups excluding carboxylic acids is 1. The summed E-state index contributed by atoms with van der Waals surface area (Å²) in [5.41, 5.74) is -2.20. The Balaban J connectivity index is 1.55. The van der Waals surface area contributed by atoms with Gasteiger partial charge < -0.3 is 0 Å². The molecule has 0 atom stereocenters. The first kappa shape index (κ1) is 20.5. The third-order valence-corrected chi connectivity index (χ3v) is 5.95. The lowest BCUT2D eigenvalue weighted by Gasteiger charge is -2.07. The van der Waals surface area contributed by atoms with Gasteiger partial charge in [0.05, 0.1) is 16.4 Å². The molecule has 0 saturated carbocycles. The Morgan fingerprint density at radius 3 is 2.67 bits per heavy atom. The van der Waals surface area contributed by atoms with Gasteiger partial charge in [-0.3, -0.25) is 9.78 Å². The standard InChI is InChI=1S/C21H12F4N2OS2/c22-15-8-14(10-26-11-15)20-27-17-5-4-12(7-19(17)29-20)6-18(28)13-2-1-3-16(9-13)30-21(23,24)25/h1-5,7-11H,6H2. The van der Waals surface area contributed by atoms with Crippen molar-refractivity contribution in [2.45, 2.75) is 16.8 Å². The molecule has 0 N–H and O–H groups in total. The Kier molecular flexibility index (Phi) is 5.57. The molecule has 0 aliphatic heterocycles. The van der Waals surface area contributed by atoms with Crippen LogP contribution in [0.4, 0.5) is 17.6 Å². The van der Waals surface area contributed by atoms with E-state index >= 15 is 0 Å². The number of thiazole rings is 1. The van der Waals surface area contributed by atoms with Crippen molar-refractivity contribution in [2.75, 3.05) is 0 Å². The van der Waals surface area contributed by atoms with Crippen molar-refractivity contribution in [1.82, 2.24) is 9.97 Å². The molecule has 0 spiro atoms. The summed E-state index contributed by atoms with van der Waals surface area (Å²) < 4.78 is 51.9. The van der Waals surface area contributed by atoms with Gasteiger partial charge in [-0.1, -0.05) is 18.2 Å². The number of thioether (sulfide) groups is 1. The zero-order valence-corrected chi connectivity index (χ0v) is 16.7. The van der Waals surface area contributed by atoms with Gasteiger partial charge in [-0.2, -0.15) is 13.2 Å². The highest BCUT2D eigenvalue weighted by atomic mass is 32.2. The van der Waals surface area contributed by atoms with Crippen LogP contribution in [0.15, 0.2) is 65.8 Å². The molecule has 2 aromatic heterocycles. The van der Waals surface area contributed by atoms with Gasteiger partial charge in [0.1, 0.15) is 10.8 Å². The Hall–Kier alpha value is -2.78. The third-order valence-electron chi connectivity index (χ3n) is 4.16. The fraction of sp³-hybridized carbons (Fsp3) is 0.0952. The molecule has 3 nitrogen and oxygen atoms in total. The molecule has 0 aliphatic carbocycles. The first-order valence-electron chi connectivity index (χ1n) is 8.66. The van der Waals surface area contributed by atoms with Crippen LogP contribution >= 0.6 is 23.1 Å². The van der Waals surface area contributed by atoms with Crippen LogP contribution in [-0.4, -0.2) is 21.3 Å². The van der Waals surface area contributed by atoms with Crippen molar-refractivity contribution >= 4 is 39.1 Å². The number of fused-ring (bicyclic) bond motifs is 1. The molecule has 0 radical (unpaired) electrons. The van der Waals surface area contributed by atoms with Crippen LogP contribution < -0.4 is 0 Å². The van der Waals surface area contributed by atoms with E-state index in [9.17, 15) is 22.4 Å². The van der Waals surface area contributed by atoms with Crippen molar-refractivity contribution in [3.8, 4) is 10.6 Å². The highest BCUT2D eigenvalue weighted by Crippen LogP contribution is 2.37. The van der Waals surface area contributed by atoms with Crippen LogP contribution in [-0.2, 0) is 6.42 Å². The quantitative estimate of drug-likeness (QED) is 0.198. The lowest BCUT2D eigenvalue weighted by Crippen LogP contribution is -2.04. The molecule has 4 rings (SSSR count). The van der Waals surface area contributed by atoms with Gasteiger partial charge in [-0.05, 0) is 47.7 Å². The number of rotatable bonds is 5. The molecular formula is C21H12F4N2OS2. The van der Waals surface area contributed by atoms with Crippen LogP contribution in [0.2, 0.25) is 0 Å². The van der Waals surface area contributed by atoms with Gasteiger partial charge in [0, 0.05) is 28.6 Å². The Labute approximate surface area is 176 Å². The van der Waals surface area contributed by atoms with Gasteiger partial charge in [0.25, 0.3) is 0 Å².